The van der Waals surface area contributed by atoms with E-state index in [-0.39, 0.29) is 16.4 Å². The molecule has 0 aliphatic carbocycles. The average molecular weight is 467 g/mol. The monoisotopic (exact) mass is 466 g/mol. The van der Waals surface area contributed by atoms with Crippen molar-refractivity contribution in [2.75, 3.05) is 17.9 Å². The van der Waals surface area contributed by atoms with Crippen LogP contribution in [0.25, 0.3) is 0 Å². The van der Waals surface area contributed by atoms with Gasteiger partial charge in [-0.05, 0) is 87.2 Å². The van der Waals surface area contributed by atoms with Crippen molar-refractivity contribution in [2.24, 2.45) is 0 Å². The maximum absolute atomic E-state index is 13.0. The summed E-state index contributed by atoms with van der Waals surface area (Å²) in [6.45, 7) is 10.1. The molecule has 33 heavy (non-hydrogen) atoms. The highest BCUT2D eigenvalue weighted by molar-refractivity contribution is 7.92. The molecule has 6 nitrogen and oxygen atoms in total. The van der Waals surface area contributed by atoms with E-state index in [9.17, 15) is 13.2 Å². The second-order valence-corrected chi connectivity index (χ2v) is 9.98. The summed E-state index contributed by atoms with van der Waals surface area (Å²) in [6, 6.07) is 16.1. The third-order valence-corrected chi connectivity index (χ3v) is 6.73. The number of hydrogen-bond donors (Lipinski definition) is 2. The van der Waals surface area contributed by atoms with Crippen molar-refractivity contribution < 1.29 is 17.9 Å². The highest BCUT2D eigenvalue weighted by atomic mass is 32.2. The van der Waals surface area contributed by atoms with Crippen LogP contribution in [0.15, 0.2) is 59.5 Å². The standard InChI is InChI=1S/C26H30N2O4S/c1-17-6-9-24(21(5)13-17)28-33(30,31)25-16-22(8-7-20(25)4)26(29)27-10-11-32-23-14-18(2)12-19(3)15-23/h6-9,12-16,28H,10-11H2,1-5H3,(H,27,29). The molecule has 1 amide bonds. The van der Waals surface area contributed by atoms with Crippen molar-refractivity contribution in [3.8, 4) is 5.75 Å². The SMILES string of the molecule is Cc1cc(C)cc(OCCNC(=O)c2ccc(C)c(S(=O)(=O)Nc3ccc(C)cc3C)c2)c1. The summed E-state index contributed by atoms with van der Waals surface area (Å²) in [4.78, 5) is 12.7. The number of benzene rings is 3. The lowest BCUT2D eigenvalue weighted by Crippen LogP contribution is -2.28. The normalized spacial score (nSPS) is 11.2. The maximum Gasteiger partial charge on any atom is 0.262 e. The Morgan fingerprint density at radius 3 is 2.18 bits per heavy atom. The summed E-state index contributed by atoms with van der Waals surface area (Å²) in [7, 11) is -3.86. The van der Waals surface area contributed by atoms with E-state index in [0.717, 1.165) is 28.0 Å². The second kappa shape index (κ2) is 10.1. The molecule has 0 unspecified atom stereocenters. The van der Waals surface area contributed by atoms with Crippen LogP contribution in [0.3, 0.4) is 0 Å². The lowest BCUT2D eigenvalue weighted by atomic mass is 10.1. The molecule has 2 N–H and O–H groups in total. The van der Waals surface area contributed by atoms with E-state index in [1.807, 2.05) is 52.0 Å². The van der Waals surface area contributed by atoms with Gasteiger partial charge in [-0.2, -0.15) is 0 Å². The number of nitrogens with one attached hydrogen (secondary N) is 2. The van der Waals surface area contributed by atoms with Crippen LogP contribution in [-0.4, -0.2) is 27.5 Å². The van der Waals surface area contributed by atoms with Gasteiger partial charge in [0.25, 0.3) is 15.9 Å². The fraction of sp³-hybridized carbons (Fsp3) is 0.269. The van der Waals surface area contributed by atoms with Gasteiger partial charge in [0.1, 0.15) is 12.4 Å². The zero-order valence-electron chi connectivity index (χ0n) is 19.7. The number of carbonyl (C=O) groups is 1. The van der Waals surface area contributed by atoms with Crippen LogP contribution in [0.1, 0.15) is 38.2 Å². The first-order chi connectivity index (χ1) is 15.5. The Bertz CT molecular complexity index is 1260. The minimum atomic E-state index is -3.86. The molecular formula is C26H30N2O4S. The third kappa shape index (κ3) is 6.35. The summed E-state index contributed by atoms with van der Waals surface area (Å²) < 4.78 is 34.4. The molecule has 0 fully saturated rings. The van der Waals surface area contributed by atoms with E-state index < -0.39 is 10.0 Å². The predicted molar refractivity (Wildman–Crippen MR) is 132 cm³/mol. The highest BCUT2D eigenvalue weighted by Crippen LogP contribution is 2.23. The van der Waals surface area contributed by atoms with Gasteiger partial charge in [0.05, 0.1) is 17.1 Å². The van der Waals surface area contributed by atoms with Crippen molar-refractivity contribution in [3.05, 3.63) is 88.0 Å². The molecule has 0 aromatic heterocycles. The number of aryl methyl sites for hydroxylation is 5. The van der Waals surface area contributed by atoms with Crippen molar-refractivity contribution in [1.82, 2.24) is 5.32 Å². The quantitative estimate of drug-likeness (QED) is 0.465. The van der Waals surface area contributed by atoms with Crippen LogP contribution >= 0.6 is 0 Å². The highest BCUT2D eigenvalue weighted by Gasteiger charge is 2.20. The van der Waals surface area contributed by atoms with Crippen molar-refractivity contribution >= 4 is 21.6 Å². The number of carbonyl (C=O) groups excluding carboxylic acids is 1. The molecule has 0 spiro atoms. The van der Waals surface area contributed by atoms with Crippen LogP contribution in [0.4, 0.5) is 5.69 Å². The third-order valence-electron chi connectivity index (χ3n) is 5.22. The molecule has 0 aliphatic rings. The Hall–Kier alpha value is -3.32. The van der Waals surface area contributed by atoms with Crippen molar-refractivity contribution in [3.63, 3.8) is 0 Å². The summed E-state index contributed by atoms with van der Waals surface area (Å²) in [6.07, 6.45) is 0. The first-order valence-corrected chi connectivity index (χ1v) is 12.2. The van der Waals surface area contributed by atoms with Gasteiger partial charge in [0.15, 0.2) is 0 Å². The van der Waals surface area contributed by atoms with E-state index in [1.165, 1.54) is 6.07 Å². The van der Waals surface area contributed by atoms with Crippen molar-refractivity contribution in [1.29, 1.82) is 0 Å². The van der Waals surface area contributed by atoms with Gasteiger partial charge >= 0.3 is 0 Å². The molecule has 0 heterocycles. The minimum Gasteiger partial charge on any atom is -0.492 e. The van der Waals surface area contributed by atoms with Gasteiger partial charge in [-0.1, -0.05) is 29.8 Å². The molecule has 174 valence electrons. The summed E-state index contributed by atoms with van der Waals surface area (Å²) in [5.74, 6) is 0.393. The first kappa shape index (κ1) is 24.3. The molecule has 3 aromatic carbocycles. The van der Waals surface area contributed by atoms with E-state index in [4.69, 9.17) is 4.74 Å². The molecule has 7 heteroatoms. The number of anilines is 1. The Morgan fingerprint density at radius 1 is 0.818 bits per heavy atom. The van der Waals surface area contributed by atoms with E-state index in [1.54, 1.807) is 25.1 Å². The molecule has 0 saturated carbocycles. The van der Waals surface area contributed by atoms with Crippen LogP contribution < -0.4 is 14.8 Å². The first-order valence-electron chi connectivity index (χ1n) is 10.8. The van der Waals surface area contributed by atoms with Gasteiger partial charge in [0, 0.05) is 5.56 Å². The van der Waals surface area contributed by atoms with Gasteiger partial charge in [0.2, 0.25) is 0 Å². The predicted octanol–water partition coefficient (Wildman–Crippen LogP) is 4.84. The zero-order valence-corrected chi connectivity index (χ0v) is 20.5. The molecule has 0 bridgehead atoms. The lowest BCUT2D eigenvalue weighted by molar-refractivity contribution is 0.0946. The number of rotatable bonds is 8. The minimum absolute atomic E-state index is 0.0709. The van der Waals surface area contributed by atoms with Crippen LogP contribution in [0.2, 0.25) is 0 Å². The van der Waals surface area contributed by atoms with Gasteiger partial charge < -0.3 is 10.1 Å². The smallest absolute Gasteiger partial charge is 0.262 e. The Labute approximate surface area is 196 Å². The zero-order chi connectivity index (χ0) is 24.2. The lowest BCUT2D eigenvalue weighted by Gasteiger charge is -2.14. The van der Waals surface area contributed by atoms with Gasteiger partial charge in [-0.3, -0.25) is 9.52 Å². The second-order valence-electron chi connectivity index (χ2n) is 8.33. The Kier molecular flexibility index (Phi) is 7.43. The maximum atomic E-state index is 13.0. The molecule has 0 radical (unpaired) electrons. The van der Waals surface area contributed by atoms with Gasteiger partial charge in [-0.25, -0.2) is 8.42 Å². The summed E-state index contributed by atoms with van der Waals surface area (Å²) in [5.41, 5.74) is 5.43. The number of hydrogen-bond acceptors (Lipinski definition) is 4. The average Bonchev–Trinajstić information content (AvgIpc) is 2.72. The molecule has 0 aliphatic heterocycles. The Morgan fingerprint density at radius 2 is 1.52 bits per heavy atom. The van der Waals surface area contributed by atoms with E-state index in [0.29, 0.717) is 24.4 Å². The Balaban J connectivity index is 1.67. The van der Waals surface area contributed by atoms with Crippen LogP contribution in [0.5, 0.6) is 5.75 Å². The molecular weight excluding hydrogens is 436 g/mol. The molecule has 3 aromatic rings. The van der Waals surface area contributed by atoms with E-state index >= 15 is 0 Å². The molecule has 0 saturated heterocycles. The van der Waals surface area contributed by atoms with Crippen molar-refractivity contribution in [2.45, 2.75) is 39.5 Å². The van der Waals surface area contributed by atoms with Crippen LogP contribution in [0, 0.1) is 34.6 Å². The largest absolute Gasteiger partial charge is 0.492 e. The fourth-order valence-electron chi connectivity index (χ4n) is 3.61. The summed E-state index contributed by atoms with van der Waals surface area (Å²) in [5, 5.41) is 2.78. The number of amides is 1. The number of sulfonamides is 1. The summed E-state index contributed by atoms with van der Waals surface area (Å²) >= 11 is 0. The number of ether oxygens (including phenoxy) is 1. The fourth-order valence-corrected chi connectivity index (χ4v) is 5.01. The van der Waals surface area contributed by atoms with E-state index in [2.05, 4.69) is 16.1 Å². The molecule has 3 rings (SSSR count). The topological polar surface area (TPSA) is 84.5 Å². The van der Waals surface area contributed by atoms with Crippen LogP contribution in [-0.2, 0) is 10.0 Å². The van der Waals surface area contributed by atoms with Gasteiger partial charge in [-0.15, -0.1) is 0 Å². The molecule has 0 atom stereocenters.